The van der Waals surface area contributed by atoms with Gasteiger partial charge in [-0.1, -0.05) is 74.9 Å². The fourth-order valence-electron chi connectivity index (χ4n) is 3.85. The van der Waals surface area contributed by atoms with Crippen LogP contribution in [0, 0.1) is 0 Å². The van der Waals surface area contributed by atoms with E-state index in [-0.39, 0.29) is 5.75 Å². The van der Waals surface area contributed by atoms with E-state index in [0.717, 1.165) is 11.3 Å². The Hall–Kier alpha value is -3.31. The Kier molecular flexibility index (Phi) is 12.4. The molecule has 1 aliphatic carbocycles. The van der Waals surface area contributed by atoms with Crippen molar-refractivity contribution in [2.75, 3.05) is 7.11 Å². The zero-order chi connectivity index (χ0) is 25.5. The summed E-state index contributed by atoms with van der Waals surface area (Å²) in [5, 5.41) is 17.7. The average Bonchev–Trinajstić information content (AvgIpc) is 2.91. The van der Waals surface area contributed by atoms with E-state index < -0.39 is 12.1 Å². The third-order valence-electron chi connectivity index (χ3n) is 5.73. The zero-order valence-electron chi connectivity index (χ0n) is 21.0. The van der Waals surface area contributed by atoms with Crippen LogP contribution in [0.5, 0.6) is 11.5 Å². The van der Waals surface area contributed by atoms with Crippen molar-refractivity contribution in [3.63, 3.8) is 0 Å². The van der Waals surface area contributed by atoms with Crippen LogP contribution in [0.2, 0.25) is 0 Å². The molecule has 0 bridgehead atoms. The van der Waals surface area contributed by atoms with Crippen LogP contribution in [0.4, 0.5) is 0 Å². The molecule has 0 spiro atoms. The predicted octanol–water partition coefficient (Wildman–Crippen LogP) is 7.13. The van der Waals surface area contributed by atoms with E-state index in [1.165, 1.54) is 62.5 Å². The van der Waals surface area contributed by atoms with Crippen molar-refractivity contribution < 1.29 is 24.5 Å². The molecule has 5 heteroatoms. The van der Waals surface area contributed by atoms with Gasteiger partial charge in [-0.2, -0.15) is 0 Å². The molecular weight excluding hydrogens is 440 g/mol. The summed E-state index contributed by atoms with van der Waals surface area (Å²) in [5.41, 5.74) is 3.32. The Balaban J connectivity index is 0.000000241. The summed E-state index contributed by atoms with van der Waals surface area (Å²) < 4.78 is 10.8. The van der Waals surface area contributed by atoms with Crippen molar-refractivity contribution in [2.45, 2.75) is 64.6 Å². The van der Waals surface area contributed by atoms with Crippen LogP contribution in [0.25, 0.3) is 11.1 Å². The number of methoxy groups -OCH3 is 1. The monoisotopic (exact) mass is 478 g/mol. The molecule has 0 aliphatic heterocycles. The molecule has 1 saturated carbocycles. The van der Waals surface area contributed by atoms with Crippen molar-refractivity contribution in [1.82, 2.24) is 0 Å². The first-order valence-electron chi connectivity index (χ1n) is 12.4. The highest BCUT2D eigenvalue weighted by Crippen LogP contribution is 2.26. The Morgan fingerprint density at radius 1 is 0.857 bits per heavy atom. The van der Waals surface area contributed by atoms with Gasteiger partial charge in [0.1, 0.15) is 11.5 Å². The molecule has 0 saturated heterocycles. The summed E-state index contributed by atoms with van der Waals surface area (Å²) in [6.45, 7) is 4.00. The van der Waals surface area contributed by atoms with Gasteiger partial charge in [-0.3, -0.25) is 0 Å². The molecule has 35 heavy (non-hydrogen) atoms. The number of hydrogen-bond acceptors (Lipinski definition) is 4. The van der Waals surface area contributed by atoms with Gasteiger partial charge in [-0.05, 0) is 66.6 Å². The first-order valence-corrected chi connectivity index (χ1v) is 12.4. The summed E-state index contributed by atoms with van der Waals surface area (Å²) in [6.07, 6.45) is 6.30. The van der Waals surface area contributed by atoms with Gasteiger partial charge in [-0.15, -0.1) is 0 Å². The number of hydrogen-bond donors (Lipinski definition) is 2. The van der Waals surface area contributed by atoms with Crippen molar-refractivity contribution in [2.24, 2.45) is 0 Å². The maximum atomic E-state index is 10.6. The molecule has 1 unspecified atom stereocenters. The second-order valence-corrected chi connectivity index (χ2v) is 8.20. The van der Waals surface area contributed by atoms with Gasteiger partial charge in [-0.25, -0.2) is 4.79 Å². The molecule has 1 aliphatic rings. The minimum atomic E-state index is -0.986. The molecular formula is C30H38O5. The van der Waals surface area contributed by atoms with E-state index in [4.69, 9.17) is 19.7 Å². The molecule has 3 aromatic carbocycles. The Morgan fingerprint density at radius 3 is 1.97 bits per heavy atom. The molecule has 3 aromatic rings. The molecule has 0 amide bonds. The fourth-order valence-corrected chi connectivity index (χ4v) is 3.85. The van der Waals surface area contributed by atoms with Crippen molar-refractivity contribution in [3.8, 4) is 22.6 Å². The van der Waals surface area contributed by atoms with E-state index in [9.17, 15) is 4.79 Å². The molecule has 0 radical (unpaired) electrons. The fraction of sp³-hybridized carbons (Fsp3) is 0.367. The second kappa shape index (κ2) is 15.6. The van der Waals surface area contributed by atoms with E-state index in [2.05, 4.69) is 48.5 Å². The second-order valence-electron chi connectivity index (χ2n) is 8.20. The number of aliphatic carboxylic acids is 1. The normalized spacial score (nSPS) is 13.9. The number of aromatic hydroxyl groups is 1. The topological polar surface area (TPSA) is 76.0 Å². The van der Waals surface area contributed by atoms with Crippen molar-refractivity contribution >= 4 is 5.97 Å². The third kappa shape index (κ3) is 9.83. The maximum Gasteiger partial charge on any atom is 0.333 e. The van der Waals surface area contributed by atoms with Gasteiger partial charge in [0.05, 0.1) is 6.10 Å². The van der Waals surface area contributed by atoms with Crippen LogP contribution in [-0.2, 0) is 16.0 Å². The van der Waals surface area contributed by atoms with Crippen molar-refractivity contribution in [1.29, 1.82) is 0 Å². The van der Waals surface area contributed by atoms with E-state index >= 15 is 0 Å². The first kappa shape index (κ1) is 27.9. The lowest BCUT2D eigenvalue weighted by Crippen LogP contribution is -2.24. The highest BCUT2D eigenvalue weighted by Gasteiger charge is 2.16. The highest BCUT2D eigenvalue weighted by molar-refractivity contribution is 5.72. The standard InChI is InChI=1S/C18H20O.C10H12O4.C2H6/c1-3-7-15(8-4-1)16-11-13-18(14-12-16)19-17-9-5-2-6-10-17;1-14-9(10(12)13)6-7-2-4-8(11)5-3-7;1-2/h1,3-4,7-8,11-14,17H,2,5-6,9-10H2;2-5,9,11H,6H2,1H3,(H,12,13);1-2H3. The van der Waals surface area contributed by atoms with E-state index in [1.807, 2.05) is 19.9 Å². The largest absolute Gasteiger partial charge is 0.508 e. The third-order valence-corrected chi connectivity index (χ3v) is 5.73. The number of carboxylic acid groups (broad SMARTS) is 1. The minimum Gasteiger partial charge on any atom is -0.508 e. The van der Waals surface area contributed by atoms with Crippen LogP contribution in [0.1, 0.15) is 51.5 Å². The van der Waals surface area contributed by atoms with Gasteiger partial charge >= 0.3 is 5.97 Å². The van der Waals surface area contributed by atoms with Gasteiger partial charge in [0, 0.05) is 13.5 Å². The number of ether oxygens (including phenoxy) is 2. The number of benzene rings is 3. The lowest BCUT2D eigenvalue weighted by Gasteiger charge is -2.23. The molecule has 1 atom stereocenters. The van der Waals surface area contributed by atoms with Gasteiger partial charge in [0.25, 0.3) is 0 Å². The van der Waals surface area contributed by atoms with Gasteiger partial charge in [0.2, 0.25) is 0 Å². The number of carbonyl (C=O) groups is 1. The number of phenols is 1. The summed E-state index contributed by atoms with van der Waals surface area (Å²) in [7, 11) is 1.36. The smallest absolute Gasteiger partial charge is 0.333 e. The van der Waals surface area contributed by atoms with E-state index in [1.54, 1.807) is 12.1 Å². The number of rotatable bonds is 7. The lowest BCUT2D eigenvalue weighted by atomic mass is 9.98. The Labute approximate surface area is 209 Å². The summed E-state index contributed by atoms with van der Waals surface area (Å²) in [6, 6.07) is 25.3. The lowest BCUT2D eigenvalue weighted by molar-refractivity contribution is -0.148. The molecule has 0 aromatic heterocycles. The van der Waals surface area contributed by atoms with Crippen LogP contribution in [0.15, 0.2) is 78.9 Å². The Bertz CT molecular complexity index is 962. The molecule has 0 heterocycles. The molecule has 188 valence electrons. The minimum absolute atomic E-state index is 0.165. The molecule has 1 fully saturated rings. The van der Waals surface area contributed by atoms with Crippen LogP contribution in [-0.4, -0.2) is 35.5 Å². The molecule has 4 rings (SSSR count). The van der Waals surface area contributed by atoms with Crippen LogP contribution < -0.4 is 4.74 Å². The summed E-state index contributed by atoms with van der Waals surface area (Å²) in [4.78, 5) is 10.6. The first-order chi connectivity index (χ1) is 17.0. The quantitative estimate of drug-likeness (QED) is 0.378. The molecule has 5 nitrogen and oxygen atoms in total. The van der Waals surface area contributed by atoms with E-state index in [0.29, 0.717) is 12.5 Å². The van der Waals surface area contributed by atoms with Crippen LogP contribution in [0.3, 0.4) is 0 Å². The van der Waals surface area contributed by atoms with Gasteiger partial charge in [0.15, 0.2) is 6.10 Å². The van der Waals surface area contributed by atoms with Gasteiger partial charge < -0.3 is 19.7 Å². The highest BCUT2D eigenvalue weighted by atomic mass is 16.5. The zero-order valence-corrected chi connectivity index (χ0v) is 21.0. The number of phenolic OH excluding ortho intramolecular Hbond substituents is 1. The maximum absolute atomic E-state index is 10.6. The number of carboxylic acids is 1. The summed E-state index contributed by atoms with van der Waals surface area (Å²) >= 11 is 0. The van der Waals surface area contributed by atoms with Crippen LogP contribution >= 0.6 is 0 Å². The SMILES string of the molecule is CC.COC(Cc1ccc(O)cc1)C(=O)O.c1ccc(-c2ccc(OC3CCCCC3)cc2)cc1. The molecule has 2 N–H and O–H groups in total. The van der Waals surface area contributed by atoms with Crippen molar-refractivity contribution in [3.05, 3.63) is 84.4 Å². The Morgan fingerprint density at radius 2 is 1.43 bits per heavy atom. The average molecular weight is 479 g/mol. The summed E-state index contributed by atoms with van der Waals surface area (Å²) in [5.74, 6) is 0.185. The predicted molar refractivity (Wildman–Crippen MR) is 141 cm³/mol.